The quantitative estimate of drug-likeness (QED) is 0.922. The van der Waals surface area contributed by atoms with Gasteiger partial charge in [-0.15, -0.1) is 0 Å². The van der Waals surface area contributed by atoms with Crippen molar-refractivity contribution in [3.05, 3.63) is 46.6 Å². The molecule has 1 aliphatic carbocycles. The van der Waals surface area contributed by atoms with Gasteiger partial charge in [-0.1, -0.05) is 0 Å². The van der Waals surface area contributed by atoms with Gasteiger partial charge >= 0.3 is 0 Å². The number of hydrogen-bond acceptors (Lipinski definition) is 5. The van der Waals surface area contributed by atoms with E-state index in [1.807, 2.05) is 18.2 Å². The van der Waals surface area contributed by atoms with Crippen LogP contribution in [0.15, 0.2) is 46.6 Å². The molecule has 2 atom stereocenters. The first kappa shape index (κ1) is 12.6. The van der Waals surface area contributed by atoms with Gasteiger partial charge in [0, 0.05) is 16.5 Å². The van der Waals surface area contributed by atoms with Crippen LogP contribution in [0.3, 0.4) is 0 Å². The number of hydrogen-bond donors (Lipinski definition) is 1. The van der Waals surface area contributed by atoms with Crippen LogP contribution in [0.2, 0.25) is 0 Å². The lowest BCUT2D eigenvalue weighted by Crippen LogP contribution is -2.25. The number of aromatic nitrogens is 3. The van der Waals surface area contributed by atoms with E-state index in [4.69, 9.17) is 0 Å². The predicted octanol–water partition coefficient (Wildman–Crippen LogP) is 2.52. The number of nitrogens with zero attached hydrogens (tertiary/aromatic N) is 3. The van der Waals surface area contributed by atoms with Crippen molar-refractivity contribution < 1.29 is 4.21 Å². The van der Waals surface area contributed by atoms with Crippen molar-refractivity contribution in [1.82, 2.24) is 15.0 Å². The van der Waals surface area contributed by atoms with E-state index in [-0.39, 0.29) is 6.04 Å². The lowest BCUT2D eigenvalue weighted by molar-refractivity contribution is 0.641. The first-order valence-electron chi connectivity index (χ1n) is 6.97. The summed E-state index contributed by atoms with van der Waals surface area (Å²) in [6.45, 7) is 0. The number of allylic oxidation sites excluding steroid dienone is 1. The molecule has 21 heavy (non-hydrogen) atoms. The average molecular weight is 298 g/mol. The predicted molar refractivity (Wildman–Crippen MR) is 82.9 cm³/mol. The zero-order valence-corrected chi connectivity index (χ0v) is 12.1. The average Bonchev–Trinajstić information content (AvgIpc) is 2.90. The third-order valence-corrected chi connectivity index (χ3v) is 5.22. The second kappa shape index (κ2) is 5.04. The zero-order valence-electron chi connectivity index (χ0n) is 11.3. The summed E-state index contributed by atoms with van der Waals surface area (Å²) < 4.78 is 11.9. The van der Waals surface area contributed by atoms with E-state index in [0.29, 0.717) is 0 Å². The Balaban J connectivity index is 1.72. The number of nitrogens with one attached hydrogen (secondary N) is 1. The van der Waals surface area contributed by atoms with Crippen LogP contribution in [-0.2, 0) is 10.8 Å². The summed E-state index contributed by atoms with van der Waals surface area (Å²) in [5, 5.41) is 5.24. The molecular formula is C15H14N4OS. The van der Waals surface area contributed by atoms with E-state index in [0.717, 1.165) is 46.6 Å². The molecule has 0 aromatic carbocycles. The SMILES string of the molecule is O=S1C=CC2=C1CCCC2Nc1ncnc2cccnc12. The van der Waals surface area contributed by atoms with Gasteiger partial charge in [-0.05, 0) is 43.0 Å². The molecule has 2 aromatic heterocycles. The molecule has 0 spiro atoms. The fraction of sp³-hybridized carbons (Fsp3) is 0.267. The fourth-order valence-corrected chi connectivity index (χ4v) is 4.14. The Labute approximate surface area is 124 Å². The van der Waals surface area contributed by atoms with Crippen molar-refractivity contribution >= 4 is 27.7 Å². The molecule has 106 valence electrons. The summed E-state index contributed by atoms with van der Waals surface area (Å²) in [4.78, 5) is 14.0. The van der Waals surface area contributed by atoms with Crippen molar-refractivity contribution in [3.8, 4) is 0 Å². The number of pyridine rings is 1. The number of rotatable bonds is 2. The van der Waals surface area contributed by atoms with Crippen molar-refractivity contribution in [2.24, 2.45) is 0 Å². The molecule has 3 heterocycles. The van der Waals surface area contributed by atoms with Gasteiger partial charge in [-0.25, -0.2) is 9.97 Å². The molecule has 5 nitrogen and oxygen atoms in total. The lowest BCUT2D eigenvalue weighted by Gasteiger charge is -2.25. The molecule has 0 bridgehead atoms. The summed E-state index contributed by atoms with van der Waals surface area (Å²) >= 11 is 0. The van der Waals surface area contributed by atoms with Crippen molar-refractivity contribution in [3.63, 3.8) is 0 Å². The van der Waals surface area contributed by atoms with Crippen molar-refractivity contribution in [2.75, 3.05) is 5.32 Å². The van der Waals surface area contributed by atoms with Crippen LogP contribution < -0.4 is 5.32 Å². The van der Waals surface area contributed by atoms with Crippen LogP contribution in [-0.4, -0.2) is 25.2 Å². The Morgan fingerprint density at radius 3 is 3.19 bits per heavy atom. The third-order valence-electron chi connectivity index (χ3n) is 3.91. The minimum Gasteiger partial charge on any atom is -0.361 e. The van der Waals surface area contributed by atoms with E-state index < -0.39 is 10.8 Å². The van der Waals surface area contributed by atoms with E-state index in [9.17, 15) is 4.21 Å². The highest BCUT2D eigenvalue weighted by atomic mass is 32.2. The molecule has 0 radical (unpaired) electrons. The number of fused-ring (bicyclic) bond motifs is 1. The molecule has 0 fully saturated rings. The highest BCUT2D eigenvalue weighted by Crippen LogP contribution is 2.34. The van der Waals surface area contributed by atoms with Gasteiger partial charge in [-0.2, -0.15) is 0 Å². The minimum atomic E-state index is -0.934. The molecule has 2 unspecified atom stereocenters. The van der Waals surface area contributed by atoms with E-state index in [1.54, 1.807) is 17.9 Å². The zero-order chi connectivity index (χ0) is 14.2. The topological polar surface area (TPSA) is 67.8 Å². The molecule has 2 aromatic rings. The molecule has 2 aliphatic rings. The van der Waals surface area contributed by atoms with Gasteiger partial charge in [0.1, 0.15) is 11.8 Å². The summed E-state index contributed by atoms with van der Waals surface area (Å²) in [6, 6.07) is 3.94. The number of anilines is 1. The van der Waals surface area contributed by atoms with E-state index in [1.165, 1.54) is 0 Å². The first-order chi connectivity index (χ1) is 10.3. The fourth-order valence-electron chi connectivity index (χ4n) is 2.92. The molecule has 6 heteroatoms. The van der Waals surface area contributed by atoms with Crippen LogP contribution in [0.5, 0.6) is 0 Å². The van der Waals surface area contributed by atoms with E-state index in [2.05, 4.69) is 20.3 Å². The Hall–Kier alpha value is -2.08. The first-order valence-corrected chi connectivity index (χ1v) is 8.18. The van der Waals surface area contributed by atoms with E-state index >= 15 is 0 Å². The van der Waals surface area contributed by atoms with Crippen LogP contribution >= 0.6 is 0 Å². The maximum absolute atomic E-state index is 11.9. The van der Waals surface area contributed by atoms with Crippen molar-refractivity contribution in [2.45, 2.75) is 25.3 Å². The molecule has 0 amide bonds. The maximum Gasteiger partial charge on any atom is 0.156 e. The molecule has 1 N–H and O–H groups in total. The van der Waals surface area contributed by atoms with Gasteiger partial charge < -0.3 is 5.32 Å². The molecule has 4 rings (SSSR count). The van der Waals surface area contributed by atoms with Gasteiger partial charge in [0.15, 0.2) is 5.82 Å². The Kier molecular flexibility index (Phi) is 3.03. The van der Waals surface area contributed by atoms with Gasteiger partial charge in [0.2, 0.25) is 0 Å². The van der Waals surface area contributed by atoms with Crippen LogP contribution in [0, 0.1) is 0 Å². The Bertz CT molecular complexity index is 794. The van der Waals surface area contributed by atoms with Crippen molar-refractivity contribution in [1.29, 1.82) is 0 Å². The minimum absolute atomic E-state index is 0.150. The second-order valence-corrected chi connectivity index (χ2v) is 6.52. The van der Waals surface area contributed by atoms with Crippen LogP contribution in [0.4, 0.5) is 5.82 Å². The van der Waals surface area contributed by atoms with Gasteiger partial charge in [0.25, 0.3) is 0 Å². The standard InChI is InChI=1S/C15H14N4OS/c20-21-8-6-10-11(3-1-5-13(10)21)19-15-14-12(17-9-18-15)4-2-7-16-14/h2,4,6-9,11H,1,3,5H2,(H,17,18,19). The lowest BCUT2D eigenvalue weighted by atomic mass is 9.94. The van der Waals surface area contributed by atoms with Crippen LogP contribution in [0.1, 0.15) is 19.3 Å². The van der Waals surface area contributed by atoms with Gasteiger partial charge in [-0.3, -0.25) is 9.19 Å². The molecule has 0 saturated heterocycles. The Morgan fingerprint density at radius 2 is 2.24 bits per heavy atom. The normalized spacial score (nSPS) is 24.4. The smallest absolute Gasteiger partial charge is 0.156 e. The van der Waals surface area contributed by atoms with Crippen LogP contribution in [0.25, 0.3) is 11.0 Å². The summed E-state index contributed by atoms with van der Waals surface area (Å²) in [6.07, 6.45) is 8.26. The molecule has 0 saturated carbocycles. The molecular weight excluding hydrogens is 284 g/mol. The second-order valence-electron chi connectivity index (χ2n) is 5.16. The van der Waals surface area contributed by atoms with Gasteiger partial charge in [0.05, 0.1) is 22.4 Å². The largest absolute Gasteiger partial charge is 0.361 e. The summed E-state index contributed by atoms with van der Waals surface area (Å²) in [5.41, 5.74) is 2.75. The highest BCUT2D eigenvalue weighted by molar-refractivity contribution is 7.92. The summed E-state index contributed by atoms with van der Waals surface area (Å²) in [5.74, 6) is 0.741. The Morgan fingerprint density at radius 1 is 1.29 bits per heavy atom. The summed E-state index contributed by atoms with van der Waals surface area (Å²) in [7, 11) is -0.934. The molecule has 1 aliphatic heterocycles. The monoisotopic (exact) mass is 298 g/mol. The highest BCUT2D eigenvalue weighted by Gasteiger charge is 2.27. The maximum atomic E-state index is 11.9. The third kappa shape index (κ3) is 2.15.